The smallest absolute Gasteiger partial charge is 0.225 e. The van der Waals surface area contributed by atoms with Crippen LogP contribution in [0.3, 0.4) is 0 Å². The maximum absolute atomic E-state index is 12.2. The number of nitrogens with one attached hydrogen (secondary N) is 1. The van der Waals surface area contributed by atoms with Gasteiger partial charge in [0.25, 0.3) is 0 Å². The van der Waals surface area contributed by atoms with Gasteiger partial charge in [-0.15, -0.1) is 0 Å². The quantitative estimate of drug-likeness (QED) is 0.496. The van der Waals surface area contributed by atoms with E-state index in [-0.39, 0.29) is 5.91 Å². The first kappa shape index (κ1) is 18.4. The van der Waals surface area contributed by atoms with Crippen LogP contribution in [0.2, 0.25) is 0 Å². The van der Waals surface area contributed by atoms with Crippen molar-refractivity contribution in [1.82, 2.24) is 9.55 Å². The summed E-state index contributed by atoms with van der Waals surface area (Å²) in [5, 5.41) is 3.00. The summed E-state index contributed by atoms with van der Waals surface area (Å²) in [5.41, 5.74) is 3.91. The second kappa shape index (κ2) is 7.64. The molecule has 4 nitrogen and oxygen atoms in total. The van der Waals surface area contributed by atoms with E-state index in [0.717, 1.165) is 35.2 Å². The minimum absolute atomic E-state index is 0.0312. The molecular formula is C26H23N3O. The lowest BCUT2D eigenvalue weighted by Crippen LogP contribution is -2.38. The SMILES string of the molecule is O=C1CCCc2c(ncn2C(c2ccccc2)(c2ccccc2)c2ccccc2)N1. The molecule has 3 aromatic carbocycles. The Balaban J connectivity index is 1.88. The highest BCUT2D eigenvalue weighted by Gasteiger charge is 2.40. The maximum atomic E-state index is 12.2. The number of imidazole rings is 1. The van der Waals surface area contributed by atoms with Gasteiger partial charge in [-0.3, -0.25) is 4.79 Å². The summed E-state index contributed by atoms with van der Waals surface area (Å²) < 4.78 is 2.26. The van der Waals surface area contributed by atoms with Crippen molar-refractivity contribution < 1.29 is 4.79 Å². The van der Waals surface area contributed by atoms with Crippen molar-refractivity contribution in [3.05, 3.63) is 120 Å². The lowest BCUT2D eigenvalue weighted by molar-refractivity contribution is -0.116. The summed E-state index contributed by atoms with van der Waals surface area (Å²) in [6, 6.07) is 31.6. The summed E-state index contributed by atoms with van der Waals surface area (Å²) >= 11 is 0. The number of amides is 1. The normalized spacial score (nSPS) is 13.9. The third-order valence-electron chi connectivity index (χ3n) is 5.88. The van der Waals surface area contributed by atoms with Crippen LogP contribution in [0.25, 0.3) is 0 Å². The summed E-state index contributed by atoms with van der Waals surface area (Å²) in [6.07, 6.45) is 4.00. The Hall–Kier alpha value is -3.66. The van der Waals surface area contributed by atoms with Gasteiger partial charge in [-0.25, -0.2) is 4.98 Å². The molecule has 0 saturated heterocycles. The monoisotopic (exact) mass is 393 g/mol. The first-order chi connectivity index (χ1) is 14.8. The van der Waals surface area contributed by atoms with Crippen LogP contribution in [0.15, 0.2) is 97.3 Å². The molecule has 0 spiro atoms. The van der Waals surface area contributed by atoms with Crippen LogP contribution in [0.4, 0.5) is 5.82 Å². The number of carbonyl (C=O) groups is 1. The van der Waals surface area contributed by atoms with E-state index in [4.69, 9.17) is 0 Å². The zero-order valence-electron chi connectivity index (χ0n) is 16.7. The number of hydrogen-bond donors (Lipinski definition) is 1. The number of benzene rings is 3. The second-order valence-electron chi connectivity index (χ2n) is 7.62. The Labute approximate surface area is 176 Å². The largest absolute Gasteiger partial charge is 0.314 e. The average molecular weight is 393 g/mol. The van der Waals surface area contributed by atoms with Gasteiger partial charge in [0.15, 0.2) is 5.82 Å². The molecule has 4 heteroatoms. The first-order valence-corrected chi connectivity index (χ1v) is 10.3. The standard InChI is InChI=1S/C26H23N3O/c30-24-18-10-17-23-25(28-24)27-19-29(23)26(20-11-4-1-5-12-20,21-13-6-2-7-14-21)22-15-8-3-9-16-22/h1-9,11-16,19H,10,17-18H2,(H,28,30). The number of nitrogens with zero attached hydrogens (tertiary/aromatic N) is 2. The van der Waals surface area contributed by atoms with Gasteiger partial charge in [0.05, 0.1) is 12.0 Å². The average Bonchev–Trinajstić information content (AvgIpc) is 3.09. The van der Waals surface area contributed by atoms with Gasteiger partial charge >= 0.3 is 0 Å². The Kier molecular flexibility index (Phi) is 4.68. The highest BCUT2D eigenvalue weighted by Crippen LogP contribution is 2.43. The van der Waals surface area contributed by atoms with Gasteiger partial charge in [0.2, 0.25) is 5.91 Å². The van der Waals surface area contributed by atoms with E-state index < -0.39 is 5.54 Å². The molecule has 0 radical (unpaired) electrons. The molecular weight excluding hydrogens is 370 g/mol. The van der Waals surface area contributed by atoms with E-state index in [1.165, 1.54) is 0 Å². The van der Waals surface area contributed by atoms with Crippen molar-refractivity contribution in [2.75, 3.05) is 5.32 Å². The van der Waals surface area contributed by atoms with Gasteiger partial charge in [-0.05, 0) is 29.5 Å². The first-order valence-electron chi connectivity index (χ1n) is 10.3. The summed E-state index contributed by atoms with van der Waals surface area (Å²) in [4.78, 5) is 16.8. The Morgan fingerprint density at radius 3 is 1.73 bits per heavy atom. The van der Waals surface area contributed by atoms with E-state index in [1.54, 1.807) is 0 Å². The van der Waals surface area contributed by atoms with Crippen LogP contribution < -0.4 is 5.32 Å². The minimum Gasteiger partial charge on any atom is -0.314 e. The molecule has 0 aliphatic carbocycles. The summed E-state index contributed by atoms with van der Waals surface area (Å²) in [7, 11) is 0. The van der Waals surface area contributed by atoms with Gasteiger partial charge < -0.3 is 9.88 Å². The van der Waals surface area contributed by atoms with Gasteiger partial charge in [0.1, 0.15) is 5.54 Å². The van der Waals surface area contributed by atoms with Crippen molar-refractivity contribution in [2.45, 2.75) is 24.8 Å². The molecule has 0 saturated carbocycles. The Morgan fingerprint density at radius 1 is 0.733 bits per heavy atom. The highest BCUT2D eigenvalue weighted by atomic mass is 16.1. The number of rotatable bonds is 4. The van der Waals surface area contributed by atoms with E-state index in [1.807, 2.05) is 24.5 Å². The van der Waals surface area contributed by atoms with Crippen molar-refractivity contribution >= 4 is 11.7 Å². The number of fused-ring (bicyclic) bond motifs is 1. The van der Waals surface area contributed by atoms with Crippen LogP contribution in [-0.4, -0.2) is 15.5 Å². The molecule has 1 aromatic heterocycles. The zero-order valence-corrected chi connectivity index (χ0v) is 16.7. The van der Waals surface area contributed by atoms with Crippen molar-refractivity contribution in [3.63, 3.8) is 0 Å². The molecule has 0 bridgehead atoms. The topological polar surface area (TPSA) is 46.9 Å². The molecule has 148 valence electrons. The van der Waals surface area contributed by atoms with E-state index in [2.05, 4.69) is 87.7 Å². The molecule has 0 unspecified atom stereocenters. The van der Waals surface area contributed by atoms with Gasteiger partial charge in [0, 0.05) is 6.42 Å². The van der Waals surface area contributed by atoms with Crippen molar-refractivity contribution in [3.8, 4) is 0 Å². The molecule has 0 atom stereocenters. The van der Waals surface area contributed by atoms with E-state index in [9.17, 15) is 4.79 Å². The molecule has 1 aliphatic heterocycles. The fraction of sp³-hybridized carbons (Fsp3) is 0.154. The van der Waals surface area contributed by atoms with Crippen molar-refractivity contribution in [2.24, 2.45) is 0 Å². The van der Waals surface area contributed by atoms with E-state index in [0.29, 0.717) is 12.2 Å². The van der Waals surface area contributed by atoms with Crippen LogP contribution in [0.5, 0.6) is 0 Å². The highest BCUT2D eigenvalue weighted by molar-refractivity contribution is 5.91. The molecule has 2 heterocycles. The van der Waals surface area contributed by atoms with Crippen LogP contribution in [0, 0.1) is 0 Å². The van der Waals surface area contributed by atoms with Crippen LogP contribution >= 0.6 is 0 Å². The number of hydrogen-bond acceptors (Lipinski definition) is 2. The number of carbonyl (C=O) groups excluding carboxylic acids is 1. The van der Waals surface area contributed by atoms with Gasteiger partial charge in [-0.1, -0.05) is 91.0 Å². The van der Waals surface area contributed by atoms with E-state index >= 15 is 0 Å². The molecule has 1 amide bonds. The van der Waals surface area contributed by atoms with Gasteiger partial charge in [-0.2, -0.15) is 0 Å². The summed E-state index contributed by atoms with van der Waals surface area (Å²) in [6.45, 7) is 0. The second-order valence-corrected chi connectivity index (χ2v) is 7.62. The maximum Gasteiger partial charge on any atom is 0.225 e. The third kappa shape index (κ3) is 2.92. The van der Waals surface area contributed by atoms with Crippen LogP contribution in [0.1, 0.15) is 35.2 Å². The van der Waals surface area contributed by atoms with Crippen molar-refractivity contribution in [1.29, 1.82) is 0 Å². The molecule has 5 rings (SSSR count). The van der Waals surface area contributed by atoms with Crippen LogP contribution in [-0.2, 0) is 16.8 Å². The fourth-order valence-corrected chi connectivity index (χ4v) is 4.57. The lowest BCUT2D eigenvalue weighted by atomic mass is 9.76. The molecule has 1 aliphatic rings. The molecule has 1 N–H and O–H groups in total. The molecule has 0 fully saturated rings. The predicted octanol–water partition coefficient (Wildman–Crippen LogP) is 5.00. The zero-order chi connectivity index (χ0) is 20.4. The Bertz CT molecular complexity index is 1050. The predicted molar refractivity (Wildman–Crippen MR) is 118 cm³/mol. The fourth-order valence-electron chi connectivity index (χ4n) is 4.57. The number of anilines is 1. The summed E-state index contributed by atoms with van der Waals surface area (Å²) in [5.74, 6) is 0.702. The molecule has 4 aromatic rings. The molecule has 30 heavy (non-hydrogen) atoms. The Morgan fingerprint density at radius 2 is 1.23 bits per heavy atom. The third-order valence-corrected chi connectivity index (χ3v) is 5.88. The number of aromatic nitrogens is 2. The lowest BCUT2D eigenvalue weighted by Gasteiger charge is -2.38. The minimum atomic E-state index is -0.598.